The minimum absolute atomic E-state index is 0.0296. The van der Waals surface area contributed by atoms with Crippen molar-refractivity contribution in [1.82, 2.24) is 10.3 Å². The van der Waals surface area contributed by atoms with Gasteiger partial charge in [-0.05, 0) is 25.0 Å². The molecule has 0 aliphatic heterocycles. The van der Waals surface area contributed by atoms with Gasteiger partial charge in [-0.3, -0.25) is 0 Å². The molecule has 0 aromatic carbocycles. The molecule has 0 spiro atoms. The maximum atomic E-state index is 9.34. The minimum atomic E-state index is -0.147. The highest BCUT2D eigenvalue weighted by Crippen LogP contribution is 2.41. The first-order valence-corrected chi connectivity index (χ1v) is 7.00. The first-order chi connectivity index (χ1) is 8.86. The van der Waals surface area contributed by atoms with Crippen molar-refractivity contribution in [2.45, 2.75) is 31.3 Å². The summed E-state index contributed by atoms with van der Waals surface area (Å²) in [7, 11) is 0. The van der Waals surface area contributed by atoms with Gasteiger partial charge in [-0.25, -0.2) is 4.98 Å². The third kappa shape index (κ3) is 2.63. The number of furan rings is 1. The summed E-state index contributed by atoms with van der Waals surface area (Å²) in [5.74, 6) is 1.48. The molecule has 1 aliphatic rings. The molecule has 3 rings (SSSR count). The topological polar surface area (TPSA) is 58.3 Å². The zero-order chi connectivity index (χ0) is 12.4. The molecule has 1 saturated carbocycles. The van der Waals surface area contributed by atoms with E-state index in [4.69, 9.17) is 4.42 Å². The highest BCUT2D eigenvalue weighted by molar-refractivity contribution is 7.11. The fourth-order valence-corrected chi connectivity index (χ4v) is 2.93. The molecule has 5 heteroatoms. The Morgan fingerprint density at radius 2 is 2.44 bits per heavy atom. The smallest absolute Gasteiger partial charge is 0.123 e. The summed E-state index contributed by atoms with van der Waals surface area (Å²) in [6.07, 6.45) is 6.12. The lowest BCUT2D eigenvalue weighted by Gasteiger charge is -2.12. The molecule has 2 aromatic rings. The largest absolute Gasteiger partial charge is 0.468 e. The third-order valence-electron chi connectivity index (χ3n) is 3.09. The van der Waals surface area contributed by atoms with Gasteiger partial charge in [0.15, 0.2) is 0 Å². The fraction of sp³-hybridized carbons (Fsp3) is 0.462. The van der Waals surface area contributed by atoms with E-state index in [2.05, 4.69) is 10.3 Å². The lowest BCUT2D eigenvalue weighted by Crippen LogP contribution is -2.23. The van der Waals surface area contributed by atoms with Gasteiger partial charge in [0.1, 0.15) is 5.76 Å². The Morgan fingerprint density at radius 3 is 3.11 bits per heavy atom. The Balaban J connectivity index is 1.58. The van der Waals surface area contributed by atoms with Crippen LogP contribution in [0.2, 0.25) is 0 Å². The Labute approximate surface area is 110 Å². The number of hydrogen-bond acceptors (Lipinski definition) is 5. The molecule has 0 radical (unpaired) electrons. The molecule has 96 valence electrons. The molecule has 4 nitrogen and oxygen atoms in total. The van der Waals surface area contributed by atoms with E-state index in [1.165, 1.54) is 22.7 Å². The Kier molecular flexibility index (Phi) is 3.45. The van der Waals surface area contributed by atoms with E-state index in [-0.39, 0.29) is 12.6 Å². The van der Waals surface area contributed by atoms with E-state index < -0.39 is 0 Å². The van der Waals surface area contributed by atoms with E-state index in [0.29, 0.717) is 5.92 Å². The zero-order valence-corrected chi connectivity index (χ0v) is 10.8. The molecule has 1 unspecified atom stereocenters. The number of thiazole rings is 1. The molecule has 2 heterocycles. The van der Waals surface area contributed by atoms with Crippen LogP contribution in [0.15, 0.2) is 29.0 Å². The second kappa shape index (κ2) is 5.22. The lowest BCUT2D eigenvalue weighted by molar-refractivity contribution is 0.226. The minimum Gasteiger partial charge on any atom is -0.468 e. The predicted octanol–water partition coefficient (Wildman–Crippen LogP) is 2.44. The summed E-state index contributed by atoms with van der Waals surface area (Å²) >= 11 is 1.77. The molecular weight excluding hydrogens is 248 g/mol. The quantitative estimate of drug-likeness (QED) is 0.841. The van der Waals surface area contributed by atoms with Crippen LogP contribution in [-0.4, -0.2) is 16.7 Å². The standard InChI is InChI=1S/C13H16N2O2S/c16-8-11(12-2-1-5-17-12)14-6-10-7-15-13(18-10)9-3-4-9/h1-2,5,7,9,11,14,16H,3-4,6,8H2. The number of rotatable bonds is 6. The number of hydrogen-bond donors (Lipinski definition) is 2. The highest BCUT2D eigenvalue weighted by atomic mass is 32.1. The highest BCUT2D eigenvalue weighted by Gasteiger charge is 2.26. The van der Waals surface area contributed by atoms with Crippen LogP contribution >= 0.6 is 11.3 Å². The van der Waals surface area contributed by atoms with Gasteiger partial charge in [0.25, 0.3) is 0 Å². The van der Waals surface area contributed by atoms with Gasteiger partial charge < -0.3 is 14.8 Å². The average Bonchev–Trinajstić information content (AvgIpc) is 2.93. The van der Waals surface area contributed by atoms with Gasteiger partial charge >= 0.3 is 0 Å². The first-order valence-electron chi connectivity index (χ1n) is 6.19. The second-order valence-corrected chi connectivity index (χ2v) is 5.72. The van der Waals surface area contributed by atoms with Gasteiger partial charge in [0.05, 0.1) is 23.9 Å². The fourth-order valence-electron chi connectivity index (χ4n) is 1.89. The van der Waals surface area contributed by atoms with Crippen LogP contribution < -0.4 is 5.32 Å². The van der Waals surface area contributed by atoms with Crippen molar-refractivity contribution >= 4 is 11.3 Å². The summed E-state index contributed by atoms with van der Waals surface area (Å²) in [6, 6.07) is 3.56. The van der Waals surface area contributed by atoms with E-state index in [9.17, 15) is 5.11 Å². The normalized spacial score (nSPS) is 16.9. The summed E-state index contributed by atoms with van der Waals surface area (Å²) in [5, 5.41) is 13.9. The molecule has 0 amide bonds. The molecular formula is C13H16N2O2S. The van der Waals surface area contributed by atoms with Crippen molar-refractivity contribution in [2.24, 2.45) is 0 Å². The van der Waals surface area contributed by atoms with E-state index in [1.807, 2.05) is 18.3 Å². The Morgan fingerprint density at radius 1 is 1.56 bits per heavy atom. The van der Waals surface area contributed by atoms with Gasteiger partial charge in [-0.15, -0.1) is 11.3 Å². The Bertz CT molecular complexity index is 491. The van der Waals surface area contributed by atoms with Crippen molar-refractivity contribution in [1.29, 1.82) is 0 Å². The van der Waals surface area contributed by atoms with Crippen molar-refractivity contribution in [2.75, 3.05) is 6.61 Å². The maximum Gasteiger partial charge on any atom is 0.123 e. The van der Waals surface area contributed by atoms with Crippen LogP contribution in [0.1, 0.15) is 40.4 Å². The summed E-state index contributed by atoms with van der Waals surface area (Å²) in [5.41, 5.74) is 0. The van der Waals surface area contributed by atoms with Crippen LogP contribution in [0.25, 0.3) is 0 Å². The number of aliphatic hydroxyl groups excluding tert-OH is 1. The van der Waals surface area contributed by atoms with Crippen molar-refractivity contribution in [3.8, 4) is 0 Å². The van der Waals surface area contributed by atoms with Crippen molar-refractivity contribution in [3.05, 3.63) is 40.2 Å². The maximum absolute atomic E-state index is 9.34. The molecule has 2 N–H and O–H groups in total. The van der Waals surface area contributed by atoms with Crippen LogP contribution in [-0.2, 0) is 6.54 Å². The molecule has 18 heavy (non-hydrogen) atoms. The lowest BCUT2D eigenvalue weighted by atomic mass is 10.2. The molecule has 2 aromatic heterocycles. The van der Waals surface area contributed by atoms with Gasteiger partial charge in [-0.2, -0.15) is 0 Å². The van der Waals surface area contributed by atoms with E-state index >= 15 is 0 Å². The summed E-state index contributed by atoms with van der Waals surface area (Å²) in [4.78, 5) is 5.65. The van der Waals surface area contributed by atoms with E-state index in [1.54, 1.807) is 17.6 Å². The summed E-state index contributed by atoms with van der Waals surface area (Å²) in [6.45, 7) is 0.748. The number of nitrogens with zero attached hydrogens (tertiary/aromatic N) is 1. The van der Waals surface area contributed by atoms with Gasteiger partial charge in [0, 0.05) is 23.5 Å². The number of aliphatic hydroxyl groups is 1. The van der Waals surface area contributed by atoms with Crippen molar-refractivity contribution < 1.29 is 9.52 Å². The van der Waals surface area contributed by atoms with Gasteiger partial charge in [-0.1, -0.05) is 0 Å². The van der Waals surface area contributed by atoms with Crippen LogP contribution in [0.3, 0.4) is 0 Å². The van der Waals surface area contributed by atoms with E-state index in [0.717, 1.165) is 12.3 Å². The SMILES string of the molecule is OCC(NCc1cnc(C2CC2)s1)c1ccco1. The molecule has 0 bridgehead atoms. The van der Waals surface area contributed by atoms with Crippen LogP contribution in [0.4, 0.5) is 0 Å². The number of aromatic nitrogens is 1. The molecule has 0 saturated heterocycles. The molecule has 1 fully saturated rings. The molecule has 1 atom stereocenters. The Hall–Kier alpha value is -1.17. The van der Waals surface area contributed by atoms with Gasteiger partial charge in [0.2, 0.25) is 0 Å². The second-order valence-electron chi connectivity index (χ2n) is 4.57. The summed E-state index contributed by atoms with van der Waals surface area (Å²) < 4.78 is 5.29. The van der Waals surface area contributed by atoms with Crippen molar-refractivity contribution in [3.63, 3.8) is 0 Å². The van der Waals surface area contributed by atoms with Crippen LogP contribution in [0, 0.1) is 0 Å². The predicted molar refractivity (Wildman–Crippen MR) is 69.5 cm³/mol. The third-order valence-corrected chi connectivity index (χ3v) is 4.25. The van der Waals surface area contributed by atoms with Crippen LogP contribution in [0.5, 0.6) is 0 Å². The zero-order valence-electron chi connectivity index (χ0n) is 10.0. The molecule has 1 aliphatic carbocycles. The number of nitrogens with one attached hydrogen (secondary N) is 1. The first kappa shape index (κ1) is 11.9. The monoisotopic (exact) mass is 264 g/mol. The average molecular weight is 264 g/mol.